The first kappa shape index (κ1) is 22.2. The smallest absolute Gasteiger partial charge is 0.244 e. The molecule has 1 spiro atoms. The molecule has 1 unspecified atom stereocenters. The van der Waals surface area contributed by atoms with Crippen LogP contribution in [0.1, 0.15) is 12.8 Å². The minimum absolute atomic E-state index is 0.0119. The van der Waals surface area contributed by atoms with E-state index in [-0.39, 0.29) is 30.3 Å². The topological polar surface area (TPSA) is 128 Å². The molecule has 2 aliphatic rings. The number of hydrogen-bond acceptors (Lipinski definition) is 7. The molecule has 4 atom stereocenters. The molecule has 1 heterocycles. The molecule has 0 radical (unpaired) electrons. The number of benzene rings is 2. The van der Waals surface area contributed by atoms with E-state index in [4.69, 9.17) is 4.74 Å². The van der Waals surface area contributed by atoms with Crippen molar-refractivity contribution in [2.75, 3.05) is 26.2 Å². The van der Waals surface area contributed by atoms with Gasteiger partial charge in [0.2, 0.25) is 10.0 Å². The summed E-state index contributed by atoms with van der Waals surface area (Å²) >= 11 is 0. The van der Waals surface area contributed by atoms with Crippen molar-refractivity contribution >= 4 is 10.0 Å². The van der Waals surface area contributed by atoms with Gasteiger partial charge in [-0.1, -0.05) is 36.4 Å². The van der Waals surface area contributed by atoms with Crippen LogP contribution in [0.25, 0.3) is 11.1 Å². The van der Waals surface area contributed by atoms with Crippen molar-refractivity contribution < 1.29 is 28.5 Å². The fourth-order valence-electron chi connectivity index (χ4n) is 4.30. The minimum Gasteiger partial charge on any atom is -0.492 e. The number of fused-ring (bicyclic) bond motifs is 1. The van der Waals surface area contributed by atoms with Crippen LogP contribution in [-0.4, -0.2) is 68.3 Å². The van der Waals surface area contributed by atoms with Crippen LogP contribution in [0.15, 0.2) is 53.4 Å². The number of rotatable bonds is 1. The Labute approximate surface area is 181 Å². The van der Waals surface area contributed by atoms with Crippen molar-refractivity contribution in [3.63, 3.8) is 0 Å². The summed E-state index contributed by atoms with van der Waals surface area (Å²) in [5.74, 6) is 0.194. The van der Waals surface area contributed by atoms with Gasteiger partial charge < -0.3 is 25.4 Å². The first-order valence-corrected chi connectivity index (χ1v) is 11.8. The van der Waals surface area contributed by atoms with Gasteiger partial charge in [-0.25, -0.2) is 13.1 Å². The Morgan fingerprint density at radius 1 is 0.935 bits per heavy atom. The van der Waals surface area contributed by atoms with Crippen molar-refractivity contribution in [2.24, 2.45) is 5.41 Å². The van der Waals surface area contributed by atoms with Gasteiger partial charge in [-0.05, 0) is 36.1 Å². The zero-order valence-electron chi connectivity index (χ0n) is 17.1. The van der Waals surface area contributed by atoms with Crippen LogP contribution >= 0.6 is 0 Å². The first-order valence-electron chi connectivity index (χ1n) is 10.3. The lowest BCUT2D eigenvalue weighted by Gasteiger charge is -2.31. The van der Waals surface area contributed by atoms with E-state index >= 15 is 0 Å². The molecule has 1 fully saturated rings. The normalized spacial score (nSPS) is 31.3. The molecule has 0 aromatic heterocycles. The zero-order chi connectivity index (χ0) is 22.1. The van der Waals surface area contributed by atoms with E-state index in [2.05, 4.69) is 10.0 Å². The third-order valence-electron chi connectivity index (χ3n) is 5.99. The zero-order valence-corrected chi connectivity index (χ0v) is 17.9. The molecule has 0 amide bonds. The van der Waals surface area contributed by atoms with E-state index in [1.807, 2.05) is 30.3 Å². The first-order chi connectivity index (χ1) is 14.8. The molecule has 0 saturated heterocycles. The molecule has 8 nitrogen and oxygen atoms in total. The summed E-state index contributed by atoms with van der Waals surface area (Å²) in [7, 11) is -3.92. The summed E-state index contributed by atoms with van der Waals surface area (Å²) < 4.78 is 34.3. The Kier molecular flexibility index (Phi) is 6.34. The van der Waals surface area contributed by atoms with Crippen molar-refractivity contribution in [1.82, 2.24) is 10.0 Å². The Morgan fingerprint density at radius 2 is 1.65 bits per heavy atom. The van der Waals surface area contributed by atoms with Crippen molar-refractivity contribution in [3.05, 3.63) is 48.5 Å². The van der Waals surface area contributed by atoms with Crippen LogP contribution in [0.3, 0.4) is 0 Å². The maximum atomic E-state index is 12.9. The molecule has 9 heteroatoms. The van der Waals surface area contributed by atoms with E-state index < -0.39 is 33.8 Å². The highest BCUT2D eigenvalue weighted by molar-refractivity contribution is 7.89. The van der Waals surface area contributed by atoms with Crippen molar-refractivity contribution in [2.45, 2.75) is 36.0 Å². The van der Waals surface area contributed by atoms with Gasteiger partial charge in [-0.15, -0.1) is 0 Å². The highest BCUT2D eigenvalue weighted by Crippen LogP contribution is 2.40. The summed E-state index contributed by atoms with van der Waals surface area (Å²) in [4.78, 5) is -0.0119. The van der Waals surface area contributed by atoms with Crippen LogP contribution < -0.4 is 14.8 Å². The van der Waals surface area contributed by atoms with Crippen LogP contribution in [0, 0.1) is 5.41 Å². The average molecular weight is 449 g/mol. The second-order valence-electron chi connectivity index (χ2n) is 8.50. The second-order valence-corrected chi connectivity index (χ2v) is 10.2. The molecule has 1 aliphatic carbocycles. The number of ether oxygens (including phenoxy) is 1. The Hall–Kier alpha value is -2.01. The van der Waals surface area contributed by atoms with E-state index in [0.29, 0.717) is 19.4 Å². The lowest BCUT2D eigenvalue weighted by atomic mass is 9.86. The molecule has 2 aromatic carbocycles. The maximum Gasteiger partial charge on any atom is 0.244 e. The SMILES string of the molecule is O=S1(=O)NC[C@H](O)CNCC2(COc3cc(-c4ccccc4)ccc31)C[C@@H](O)[C@@H](O)C2. The number of sulfonamides is 1. The third kappa shape index (κ3) is 4.92. The lowest BCUT2D eigenvalue weighted by molar-refractivity contribution is 0.0438. The summed E-state index contributed by atoms with van der Waals surface area (Å²) in [5, 5.41) is 33.6. The molecule has 1 aliphatic heterocycles. The van der Waals surface area contributed by atoms with Gasteiger partial charge in [-0.3, -0.25) is 0 Å². The van der Waals surface area contributed by atoms with E-state index in [9.17, 15) is 23.7 Å². The summed E-state index contributed by atoms with van der Waals surface area (Å²) in [6.07, 6.45) is -2.03. The van der Waals surface area contributed by atoms with E-state index in [0.717, 1.165) is 11.1 Å². The molecule has 31 heavy (non-hydrogen) atoms. The van der Waals surface area contributed by atoms with Gasteiger partial charge in [0, 0.05) is 25.0 Å². The third-order valence-corrected chi connectivity index (χ3v) is 7.45. The Balaban J connectivity index is 1.73. The molecule has 1 saturated carbocycles. The quantitative estimate of drug-likeness (QED) is 0.429. The monoisotopic (exact) mass is 448 g/mol. The van der Waals surface area contributed by atoms with Gasteiger partial charge in [0.05, 0.1) is 24.9 Å². The number of nitrogens with one attached hydrogen (secondary N) is 2. The number of aliphatic hydroxyl groups is 3. The standard InChI is InChI=1S/C22H28N2O6S/c25-17-11-23-13-22(9-18(26)19(27)10-22)14-30-20-8-16(15-4-2-1-3-5-15)6-7-21(20)31(28,29)24-12-17/h1-8,17-19,23-27H,9-14H2/t17-,18-,19+,22?/m1/s1. The fraction of sp³-hybridized carbons (Fsp3) is 0.455. The van der Waals surface area contributed by atoms with E-state index in [1.54, 1.807) is 12.1 Å². The molecule has 4 rings (SSSR count). The number of β-amino-alcohol motifs (C(OH)–C–C–N with tert-alkyl or cyclic N) is 1. The van der Waals surface area contributed by atoms with Gasteiger partial charge in [0.15, 0.2) is 0 Å². The van der Waals surface area contributed by atoms with Crippen LogP contribution in [-0.2, 0) is 10.0 Å². The van der Waals surface area contributed by atoms with Gasteiger partial charge in [-0.2, -0.15) is 0 Å². The van der Waals surface area contributed by atoms with Crippen LogP contribution in [0.5, 0.6) is 5.75 Å². The van der Waals surface area contributed by atoms with Gasteiger partial charge in [0.1, 0.15) is 10.6 Å². The summed E-state index contributed by atoms with van der Waals surface area (Å²) in [5.41, 5.74) is 1.14. The Morgan fingerprint density at radius 3 is 2.35 bits per heavy atom. The Bertz CT molecular complexity index is 1000. The number of aliphatic hydroxyl groups excluding tert-OH is 3. The molecule has 0 bridgehead atoms. The van der Waals surface area contributed by atoms with Gasteiger partial charge >= 0.3 is 0 Å². The van der Waals surface area contributed by atoms with Crippen LogP contribution in [0.4, 0.5) is 0 Å². The maximum absolute atomic E-state index is 12.9. The number of hydrogen-bond donors (Lipinski definition) is 5. The summed E-state index contributed by atoms with van der Waals surface area (Å²) in [6, 6.07) is 14.5. The van der Waals surface area contributed by atoms with Crippen LogP contribution in [0.2, 0.25) is 0 Å². The summed E-state index contributed by atoms with van der Waals surface area (Å²) in [6.45, 7) is 0.563. The lowest BCUT2D eigenvalue weighted by Crippen LogP contribution is -2.44. The second kappa shape index (κ2) is 8.85. The largest absolute Gasteiger partial charge is 0.492 e. The molecule has 168 valence electrons. The predicted octanol–water partition coefficient (Wildman–Crippen LogP) is 0.477. The predicted molar refractivity (Wildman–Crippen MR) is 115 cm³/mol. The molecular weight excluding hydrogens is 420 g/mol. The average Bonchev–Trinajstić information content (AvgIpc) is 3.04. The van der Waals surface area contributed by atoms with Gasteiger partial charge in [0.25, 0.3) is 0 Å². The van der Waals surface area contributed by atoms with Crippen molar-refractivity contribution in [3.8, 4) is 16.9 Å². The van der Waals surface area contributed by atoms with Crippen molar-refractivity contribution in [1.29, 1.82) is 0 Å². The molecule has 2 aromatic rings. The van der Waals surface area contributed by atoms with E-state index in [1.165, 1.54) is 6.07 Å². The molecule has 5 N–H and O–H groups in total. The fourth-order valence-corrected chi connectivity index (χ4v) is 5.50. The molecular formula is C22H28N2O6S. The minimum atomic E-state index is -3.92. The highest BCUT2D eigenvalue weighted by atomic mass is 32.2. The highest BCUT2D eigenvalue weighted by Gasteiger charge is 2.45.